The summed E-state index contributed by atoms with van der Waals surface area (Å²) >= 11 is 6.47. The van der Waals surface area contributed by atoms with Crippen molar-refractivity contribution in [2.45, 2.75) is 30.1 Å². The van der Waals surface area contributed by atoms with Gasteiger partial charge in [-0.1, -0.05) is 23.7 Å². The molecule has 5 nitrogen and oxygen atoms in total. The van der Waals surface area contributed by atoms with E-state index in [2.05, 4.69) is 4.98 Å². The van der Waals surface area contributed by atoms with Crippen LogP contribution in [0.15, 0.2) is 54.7 Å². The van der Waals surface area contributed by atoms with E-state index < -0.39 is 87.9 Å². The maximum absolute atomic E-state index is 15.5. The minimum absolute atomic E-state index is 0.00560. The molecule has 0 aliphatic carbocycles. The number of halogens is 15. The molecule has 0 radical (unpaired) electrons. The molecular formula is C25H12ClF13IN3O2. The third kappa shape index (κ3) is 6.50. The minimum atomic E-state index is -7.27. The molecule has 0 N–H and O–H groups in total. The number of benzene rings is 2. The molecule has 1 heterocycles. The number of anilines is 2. The summed E-state index contributed by atoms with van der Waals surface area (Å²) < 4.78 is 178. The Morgan fingerprint density at radius 3 is 1.89 bits per heavy atom. The van der Waals surface area contributed by atoms with Gasteiger partial charge in [-0.25, -0.2) is 16.9 Å². The van der Waals surface area contributed by atoms with Gasteiger partial charge in [0.2, 0.25) is 0 Å². The van der Waals surface area contributed by atoms with Crippen LogP contribution in [0.5, 0.6) is 0 Å². The van der Waals surface area contributed by atoms with Crippen LogP contribution in [0.1, 0.15) is 31.8 Å². The molecule has 0 saturated heterocycles. The Labute approximate surface area is 262 Å². The fraction of sp³-hybridized carbons (Fsp3) is 0.240. The van der Waals surface area contributed by atoms with Crippen LogP contribution in [0.4, 0.5) is 68.5 Å². The van der Waals surface area contributed by atoms with Crippen LogP contribution >= 0.6 is 34.5 Å². The molecule has 0 fully saturated rings. The van der Waals surface area contributed by atoms with Gasteiger partial charge in [-0.05, 0) is 36.4 Å². The molecular weight excluding hydrogens is 784 g/mol. The van der Waals surface area contributed by atoms with Gasteiger partial charge in [-0.3, -0.25) is 9.59 Å². The number of rotatable bonds is 6. The Bertz CT molecular complexity index is 1610. The zero-order valence-corrected chi connectivity index (χ0v) is 24.4. The van der Waals surface area contributed by atoms with Crippen molar-refractivity contribution in [3.63, 3.8) is 0 Å². The van der Waals surface area contributed by atoms with Crippen molar-refractivity contribution in [3.8, 4) is 0 Å². The van der Waals surface area contributed by atoms with E-state index in [4.69, 9.17) is 11.6 Å². The first kappa shape index (κ1) is 36.1. The summed E-state index contributed by atoms with van der Waals surface area (Å²) in [5, 5.41) is 0.00560. The Kier molecular flexibility index (Phi) is 9.71. The van der Waals surface area contributed by atoms with E-state index in [0.717, 1.165) is 54.3 Å². The number of nitrogens with zero attached hydrogens (tertiary/aromatic N) is 3. The number of hydrogen-bond acceptors (Lipinski definition) is 3. The molecule has 2 amide bonds. The van der Waals surface area contributed by atoms with Crippen molar-refractivity contribution in [3.05, 3.63) is 88.0 Å². The van der Waals surface area contributed by atoms with Gasteiger partial charge in [-0.2, -0.15) is 48.3 Å². The largest absolute Gasteiger partial charge is 0.457 e. The van der Waals surface area contributed by atoms with Crippen molar-refractivity contribution in [1.82, 2.24) is 4.98 Å². The van der Waals surface area contributed by atoms with Crippen molar-refractivity contribution in [1.29, 1.82) is 0 Å². The highest BCUT2D eigenvalue weighted by atomic mass is 127. The zero-order valence-electron chi connectivity index (χ0n) is 21.5. The van der Waals surface area contributed by atoms with Crippen LogP contribution in [0.2, 0.25) is 5.15 Å². The number of amides is 2. The lowest BCUT2D eigenvalue weighted by Crippen LogP contribution is -2.59. The van der Waals surface area contributed by atoms with Crippen LogP contribution in [-0.2, 0) is 11.8 Å². The van der Waals surface area contributed by atoms with Gasteiger partial charge >= 0.3 is 30.1 Å². The minimum Gasteiger partial charge on any atom is -0.309 e. The van der Waals surface area contributed by atoms with Gasteiger partial charge in [0.05, 0.1) is 50.9 Å². The van der Waals surface area contributed by atoms with Crippen LogP contribution < -0.4 is 8.01 Å². The number of aromatic nitrogens is 1. The van der Waals surface area contributed by atoms with Gasteiger partial charge < -0.3 is 4.90 Å². The molecule has 1 unspecified atom stereocenters. The summed E-state index contributed by atoms with van der Waals surface area (Å²) in [6, 6.07) is 3.58. The topological polar surface area (TPSA) is 53.5 Å². The first-order valence-electron chi connectivity index (χ1n) is 11.5. The standard InChI is InChI=1S/C25H12ClF13IN3O2/c1-42(19(44)11-5-8-17(26)41-10-11)16-4-2-3-13(18(16)27)20(45)43(40)15-7-6-12(9-14(15)22(29,30)31)21(28,24(34,35)36)23(32,33)25(37,38)39/h2-10H,1H3. The van der Waals surface area contributed by atoms with Gasteiger partial charge in [0.15, 0.2) is 5.82 Å². The summed E-state index contributed by atoms with van der Waals surface area (Å²) in [6.07, 6.45) is -19.2. The molecule has 1 atom stereocenters. The Balaban J connectivity index is 2.12. The van der Waals surface area contributed by atoms with Crippen LogP contribution in [-0.4, -0.2) is 42.1 Å². The summed E-state index contributed by atoms with van der Waals surface area (Å²) in [5.41, 5.74) is -15.2. The molecule has 2 aromatic carbocycles. The lowest BCUT2D eigenvalue weighted by Gasteiger charge is -2.36. The van der Waals surface area contributed by atoms with Crippen LogP contribution in [0.25, 0.3) is 0 Å². The van der Waals surface area contributed by atoms with Crippen molar-refractivity contribution < 1.29 is 66.7 Å². The number of pyridine rings is 1. The summed E-state index contributed by atoms with van der Waals surface area (Å²) in [5.74, 6) is -11.3. The molecule has 0 spiro atoms. The average Bonchev–Trinajstić information content (AvgIpc) is 2.93. The quantitative estimate of drug-likeness (QED) is 0.108. The predicted octanol–water partition coefficient (Wildman–Crippen LogP) is 9.09. The molecule has 45 heavy (non-hydrogen) atoms. The molecule has 20 heteroatoms. The third-order valence-electron chi connectivity index (χ3n) is 6.12. The monoisotopic (exact) mass is 795 g/mol. The maximum atomic E-state index is 15.5. The fourth-order valence-electron chi connectivity index (χ4n) is 3.83. The first-order valence-corrected chi connectivity index (χ1v) is 12.8. The molecule has 0 aliphatic heterocycles. The second kappa shape index (κ2) is 12.1. The van der Waals surface area contributed by atoms with Crippen LogP contribution in [0, 0.1) is 5.82 Å². The average molecular weight is 796 g/mol. The van der Waals surface area contributed by atoms with E-state index in [0.29, 0.717) is 4.90 Å². The third-order valence-corrected chi connectivity index (χ3v) is 7.30. The smallest absolute Gasteiger partial charge is 0.309 e. The summed E-state index contributed by atoms with van der Waals surface area (Å²) in [4.78, 5) is 30.2. The Morgan fingerprint density at radius 1 is 0.800 bits per heavy atom. The van der Waals surface area contributed by atoms with E-state index in [1.54, 1.807) is 0 Å². The molecule has 1 aromatic heterocycles. The highest BCUT2D eigenvalue weighted by Crippen LogP contribution is 2.59. The lowest BCUT2D eigenvalue weighted by atomic mass is 9.86. The van der Waals surface area contributed by atoms with E-state index in [1.807, 2.05) is 0 Å². The van der Waals surface area contributed by atoms with Gasteiger partial charge in [0, 0.05) is 18.8 Å². The SMILES string of the molecule is CN(C(=O)c1ccc(Cl)nc1)c1cccc(C(=O)N(I)c2ccc(C(F)(C(F)(F)F)C(F)(F)C(F)(F)F)cc2C(F)(F)F)c1F. The van der Waals surface area contributed by atoms with Gasteiger partial charge in [0.25, 0.3) is 11.8 Å². The Hall–Kier alpha value is -3.36. The van der Waals surface area contributed by atoms with E-state index in [-0.39, 0.29) is 19.9 Å². The Morgan fingerprint density at radius 2 is 1.40 bits per heavy atom. The number of hydrogen-bond donors (Lipinski definition) is 0. The summed E-state index contributed by atoms with van der Waals surface area (Å²) in [7, 11) is 1.05. The van der Waals surface area contributed by atoms with E-state index in [1.165, 1.54) is 12.1 Å². The van der Waals surface area contributed by atoms with E-state index >= 15 is 4.39 Å². The fourth-order valence-corrected chi connectivity index (χ4v) is 4.62. The number of carbonyl (C=O) groups is 2. The highest BCUT2D eigenvalue weighted by Gasteiger charge is 2.81. The van der Waals surface area contributed by atoms with Crippen molar-refractivity contribution in [2.24, 2.45) is 0 Å². The predicted molar refractivity (Wildman–Crippen MR) is 140 cm³/mol. The first-order chi connectivity index (χ1) is 20.4. The number of alkyl halides is 12. The summed E-state index contributed by atoms with van der Waals surface area (Å²) in [6.45, 7) is 0. The van der Waals surface area contributed by atoms with Crippen molar-refractivity contribution in [2.75, 3.05) is 15.1 Å². The van der Waals surface area contributed by atoms with Crippen molar-refractivity contribution >= 4 is 57.7 Å². The zero-order chi connectivity index (χ0) is 34.5. The highest BCUT2D eigenvalue weighted by molar-refractivity contribution is 14.1. The van der Waals surface area contributed by atoms with E-state index in [9.17, 15) is 62.3 Å². The second-order valence-corrected chi connectivity index (χ2v) is 10.3. The molecule has 0 bridgehead atoms. The normalized spacial score (nSPS) is 14.1. The molecule has 244 valence electrons. The van der Waals surface area contributed by atoms with Gasteiger partial charge in [0.1, 0.15) is 5.15 Å². The maximum Gasteiger partial charge on any atom is 0.457 e. The lowest BCUT2D eigenvalue weighted by molar-refractivity contribution is -0.389. The molecule has 3 aromatic rings. The second-order valence-electron chi connectivity index (χ2n) is 8.92. The molecule has 3 rings (SSSR count). The van der Waals surface area contributed by atoms with Gasteiger partial charge in [-0.15, -0.1) is 0 Å². The number of carbonyl (C=O) groups excluding carboxylic acids is 2. The molecule has 0 saturated carbocycles. The molecule has 0 aliphatic rings. The van der Waals surface area contributed by atoms with Crippen LogP contribution in [0.3, 0.4) is 0 Å².